The highest BCUT2D eigenvalue weighted by atomic mass is 32.2. The minimum absolute atomic E-state index is 0.279. The van der Waals surface area contributed by atoms with E-state index >= 15 is 0 Å². The van der Waals surface area contributed by atoms with Gasteiger partial charge in [-0.05, 0) is 42.2 Å². The second-order valence-electron chi connectivity index (χ2n) is 9.87. The molecule has 8 N–H and O–H groups in total. The number of primary amides is 1. The number of carbonyl (C=O) groups excluding carboxylic acids is 1. The highest BCUT2D eigenvalue weighted by Gasteiger charge is 2.19. The van der Waals surface area contributed by atoms with Gasteiger partial charge in [-0.2, -0.15) is 5.26 Å². The molecular weight excluding hydrogens is 574 g/mol. The number of nitrogens with zero attached hydrogens (tertiary/aromatic N) is 7. The van der Waals surface area contributed by atoms with Gasteiger partial charge in [0.25, 0.3) is 5.24 Å². The fraction of sp³-hybridized carbons (Fsp3) is 0.161. The van der Waals surface area contributed by atoms with E-state index in [1.165, 1.54) is 23.8 Å². The van der Waals surface area contributed by atoms with E-state index in [0.29, 0.717) is 45.1 Å². The Hall–Kier alpha value is -5.61. The maximum atomic E-state index is 11.2. The molecule has 0 atom stereocenters. The molecule has 0 aliphatic heterocycles. The first-order chi connectivity index (χ1) is 21.4. The van der Waals surface area contributed by atoms with Crippen molar-refractivity contribution in [3.63, 3.8) is 0 Å². The molecule has 13 heteroatoms. The Kier molecular flexibility index (Phi) is 9.22. The SMILES string of the molecule is N#Cc1c(N)n(CCc2ccccc2)c2ncnc(N)c12.NC(=O)Sc1cn(CCCc2ccccc2)c2ncnc(N)c12. The number of amides is 1. The second kappa shape index (κ2) is 13.6. The number of rotatable bonds is 8. The number of thioether (sulfide) groups is 1. The number of hydrogen-bond acceptors (Lipinski definition) is 10. The Labute approximate surface area is 257 Å². The molecule has 222 valence electrons. The molecule has 0 saturated heterocycles. The number of fused-ring (bicyclic) bond motifs is 2. The van der Waals surface area contributed by atoms with Crippen LogP contribution in [0.1, 0.15) is 23.1 Å². The van der Waals surface area contributed by atoms with Gasteiger partial charge in [-0.15, -0.1) is 0 Å². The summed E-state index contributed by atoms with van der Waals surface area (Å²) < 4.78 is 3.82. The highest BCUT2D eigenvalue weighted by Crippen LogP contribution is 2.32. The topological polar surface area (TPSA) is 206 Å². The van der Waals surface area contributed by atoms with Crippen molar-refractivity contribution in [1.29, 1.82) is 5.26 Å². The zero-order valence-corrected chi connectivity index (χ0v) is 24.6. The minimum Gasteiger partial charge on any atom is -0.384 e. The number of carbonyl (C=O) groups is 1. The van der Waals surface area contributed by atoms with Crippen LogP contribution < -0.4 is 22.9 Å². The summed E-state index contributed by atoms with van der Waals surface area (Å²) in [4.78, 5) is 28.4. The van der Waals surface area contributed by atoms with Gasteiger partial charge in [-0.25, -0.2) is 19.9 Å². The summed E-state index contributed by atoms with van der Waals surface area (Å²) in [6.45, 7) is 1.41. The molecule has 6 rings (SSSR count). The van der Waals surface area contributed by atoms with Gasteiger partial charge in [-0.3, -0.25) is 4.79 Å². The third kappa shape index (κ3) is 6.55. The average molecular weight is 606 g/mol. The van der Waals surface area contributed by atoms with Crippen molar-refractivity contribution < 1.29 is 4.79 Å². The molecule has 0 radical (unpaired) electrons. The Bertz CT molecular complexity index is 1950. The van der Waals surface area contributed by atoms with Crippen LogP contribution in [0.4, 0.5) is 22.2 Å². The van der Waals surface area contributed by atoms with Crippen LogP contribution in [0.25, 0.3) is 22.1 Å². The number of aryl methyl sites for hydroxylation is 4. The lowest BCUT2D eigenvalue weighted by molar-refractivity contribution is 0.267. The minimum atomic E-state index is -0.475. The fourth-order valence-corrected chi connectivity index (χ4v) is 5.70. The molecule has 0 saturated carbocycles. The van der Waals surface area contributed by atoms with Crippen molar-refractivity contribution in [2.24, 2.45) is 5.73 Å². The quantitative estimate of drug-likeness (QED) is 0.178. The molecule has 0 unspecified atom stereocenters. The summed E-state index contributed by atoms with van der Waals surface area (Å²) in [5.41, 5.74) is 27.3. The van der Waals surface area contributed by atoms with Crippen LogP contribution in [-0.2, 0) is 25.9 Å². The van der Waals surface area contributed by atoms with Gasteiger partial charge >= 0.3 is 0 Å². The smallest absolute Gasteiger partial charge is 0.281 e. The summed E-state index contributed by atoms with van der Waals surface area (Å²) in [6.07, 6.45) is 7.42. The Morgan fingerprint density at radius 3 is 2.00 bits per heavy atom. The number of nitrogens with two attached hydrogens (primary N) is 4. The van der Waals surface area contributed by atoms with Gasteiger partial charge in [-0.1, -0.05) is 60.7 Å². The number of nitriles is 1. The molecule has 0 fully saturated rings. The van der Waals surface area contributed by atoms with Crippen LogP contribution in [0.5, 0.6) is 0 Å². The van der Waals surface area contributed by atoms with E-state index in [2.05, 4.69) is 50.3 Å². The van der Waals surface area contributed by atoms with E-state index in [1.54, 1.807) is 0 Å². The average Bonchev–Trinajstić information content (AvgIpc) is 3.52. The predicted octanol–water partition coefficient (Wildman–Crippen LogP) is 4.53. The Morgan fingerprint density at radius 1 is 0.795 bits per heavy atom. The number of aromatic nitrogens is 6. The molecule has 0 aliphatic rings. The van der Waals surface area contributed by atoms with Gasteiger partial charge < -0.3 is 32.1 Å². The number of anilines is 3. The standard InChI is InChI=1S/C16H17N5OS.C15H14N6/c17-14-13-12(23-16(18)22)9-21(15(13)20-10-19-14)8-4-7-11-5-2-1-3-6-11;16-8-11-12-13(17)19-9-20-15(12)21(14(11)18)7-6-10-4-2-1-3-5-10/h1-3,5-6,9-10H,4,7-8H2,(H2,18,22)(H2,17,19,20);1-5,9H,6-7,18H2,(H2,17,19,20). The van der Waals surface area contributed by atoms with Crippen LogP contribution in [0, 0.1) is 11.3 Å². The summed E-state index contributed by atoms with van der Waals surface area (Å²) in [5, 5.41) is 10.0. The first-order valence-electron chi connectivity index (χ1n) is 13.8. The molecule has 2 aromatic carbocycles. The Morgan fingerprint density at radius 2 is 1.39 bits per heavy atom. The van der Waals surface area contributed by atoms with Gasteiger partial charge in [0.2, 0.25) is 0 Å². The second-order valence-corrected chi connectivity index (χ2v) is 10.9. The molecule has 0 spiro atoms. The van der Waals surface area contributed by atoms with Crippen LogP contribution >= 0.6 is 11.8 Å². The van der Waals surface area contributed by atoms with Crippen LogP contribution in [0.2, 0.25) is 0 Å². The number of nitrogen functional groups attached to an aromatic ring is 3. The van der Waals surface area contributed by atoms with Crippen molar-refractivity contribution >= 4 is 56.5 Å². The third-order valence-electron chi connectivity index (χ3n) is 7.05. The van der Waals surface area contributed by atoms with Crippen molar-refractivity contribution in [3.05, 3.63) is 96.2 Å². The van der Waals surface area contributed by atoms with Gasteiger partial charge in [0, 0.05) is 24.2 Å². The van der Waals surface area contributed by atoms with Crippen LogP contribution in [0.3, 0.4) is 0 Å². The molecule has 12 nitrogen and oxygen atoms in total. The highest BCUT2D eigenvalue weighted by molar-refractivity contribution is 8.13. The zero-order chi connectivity index (χ0) is 31.1. The number of benzene rings is 2. The van der Waals surface area contributed by atoms with E-state index in [0.717, 1.165) is 43.2 Å². The molecule has 1 amide bonds. The van der Waals surface area contributed by atoms with Crippen LogP contribution in [-0.4, -0.2) is 34.3 Å². The molecule has 0 aliphatic carbocycles. The maximum absolute atomic E-state index is 11.2. The van der Waals surface area contributed by atoms with Crippen molar-refractivity contribution in [2.45, 2.75) is 37.2 Å². The maximum Gasteiger partial charge on any atom is 0.281 e. The lowest BCUT2D eigenvalue weighted by atomic mass is 10.1. The molecular formula is C31H31N11OS. The molecule has 44 heavy (non-hydrogen) atoms. The third-order valence-corrected chi connectivity index (χ3v) is 7.78. The summed E-state index contributed by atoms with van der Waals surface area (Å²) >= 11 is 0.951. The number of hydrogen-bond donors (Lipinski definition) is 4. The van der Waals surface area contributed by atoms with Crippen molar-refractivity contribution in [3.8, 4) is 6.07 Å². The molecule has 4 heterocycles. The van der Waals surface area contributed by atoms with Gasteiger partial charge in [0.05, 0.1) is 10.8 Å². The van der Waals surface area contributed by atoms with Crippen molar-refractivity contribution in [2.75, 3.05) is 17.2 Å². The van der Waals surface area contributed by atoms with E-state index in [4.69, 9.17) is 22.9 Å². The van der Waals surface area contributed by atoms with E-state index in [1.807, 2.05) is 51.7 Å². The Balaban J connectivity index is 0.000000175. The lowest BCUT2D eigenvalue weighted by Gasteiger charge is -2.07. The van der Waals surface area contributed by atoms with Crippen LogP contribution in [0.15, 0.2) is 84.4 Å². The predicted molar refractivity (Wildman–Crippen MR) is 173 cm³/mol. The lowest BCUT2D eigenvalue weighted by Crippen LogP contribution is -2.06. The molecule has 4 aromatic heterocycles. The van der Waals surface area contributed by atoms with E-state index in [-0.39, 0.29) is 5.82 Å². The summed E-state index contributed by atoms with van der Waals surface area (Å²) in [5.74, 6) is 1.03. The molecule has 0 bridgehead atoms. The van der Waals surface area contributed by atoms with Gasteiger partial charge in [0.15, 0.2) is 0 Å². The molecule has 6 aromatic rings. The fourth-order valence-electron chi connectivity index (χ4n) is 5.00. The summed E-state index contributed by atoms with van der Waals surface area (Å²) in [6, 6.07) is 22.5. The first kappa shape index (κ1) is 29.9. The van der Waals surface area contributed by atoms with E-state index in [9.17, 15) is 10.1 Å². The van der Waals surface area contributed by atoms with Gasteiger partial charge in [0.1, 0.15) is 53.0 Å². The van der Waals surface area contributed by atoms with Crippen molar-refractivity contribution in [1.82, 2.24) is 29.1 Å². The first-order valence-corrected chi connectivity index (χ1v) is 14.6. The zero-order valence-electron chi connectivity index (χ0n) is 23.8. The normalized spacial score (nSPS) is 10.8. The summed E-state index contributed by atoms with van der Waals surface area (Å²) in [7, 11) is 0. The monoisotopic (exact) mass is 605 g/mol. The van der Waals surface area contributed by atoms with E-state index < -0.39 is 5.24 Å². The largest absolute Gasteiger partial charge is 0.384 e.